The van der Waals surface area contributed by atoms with Crippen molar-refractivity contribution in [3.05, 3.63) is 29.8 Å². The molecule has 1 aromatic rings. The van der Waals surface area contributed by atoms with Gasteiger partial charge in [0.1, 0.15) is 0 Å². The zero-order valence-corrected chi connectivity index (χ0v) is 10.2. The highest BCUT2D eigenvalue weighted by Gasteiger charge is 2.17. The molecule has 1 aliphatic heterocycles. The second-order valence-electron chi connectivity index (χ2n) is 2.95. The first-order chi connectivity index (χ1) is 6.40. The van der Waals surface area contributed by atoms with Crippen molar-refractivity contribution in [1.29, 1.82) is 0 Å². The maximum atomic E-state index is 5.39. The zero-order chi connectivity index (χ0) is 9.10. The van der Waals surface area contributed by atoms with E-state index in [9.17, 15) is 0 Å². The fourth-order valence-corrected chi connectivity index (χ4v) is 2.85. The molecule has 0 aliphatic carbocycles. The molecular weight excluding hydrogens is 244 g/mol. The van der Waals surface area contributed by atoms with E-state index in [4.69, 9.17) is 9.47 Å². The molecule has 0 amide bonds. The van der Waals surface area contributed by atoms with Crippen LogP contribution in [0.3, 0.4) is 0 Å². The summed E-state index contributed by atoms with van der Waals surface area (Å²) in [6, 6.07) is 8.45. The average Bonchev–Trinajstić information content (AvgIpc) is 2.71. The Hall–Kier alpha value is 0.386. The van der Waals surface area contributed by atoms with Gasteiger partial charge < -0.3 is 9.47 Å². The van der Waals surface area contributed by atoms with Gasteiger partial charge in [0.05, 0.1) is 13.2 Å². The fourth-order valence-electron chi connectivity index (χ4n) is 1.31. The fraction of sp³-hybridized carbons (Fsp3) is 0.333. The topological polar surface area (TPSA) is 18.5 Å². The van der Waals surface area contributed by atoms with Crippen LogP contribution in [0, 0.1) is 0 Å². The quantitative estimate of drug-likeness (QED) is 0.741. The van der Waals surface area contributed by atoms with Crippen LogP contribution >= 0.6 is 12.9 Å². The van der Waals surface area contributed by atoms with Crippen LogP contribution in [-0.2, 0) is 9.47 Å². The SMILES string of the molecule is [Br][Mg][c]1ccc(C2OCCO2)cc1. The lowest BCUT2D eigenvalue weighted by atomic mass is 10.2. The summed E-state index contributed by atoms with van der Waals surface area (Å²) in [5, 5.41) is 0. The van der Waals surface area contributed by atoms with E-state index in [0.717, 1.165) is 5.56 Å². The zero-order valence-electron chi connectivity index (χ0n) is 7.20. The highest BCUT2D eigenvalue weighted by atomic mass is 79.9. The van der Waals surface area contributed by atoms with Crippen molar-refractivity contribution in [2.24, 2.45) is 0 Å². The van der Waals surface area contributed by atoms with E-state index in [1.54, 1.807) is 0 Å². The van der Waals surface area contributed by atoms with Crippen LogP contribution in [0.1, 0.15) is 11.9 Å². The molecule has 4 heteroatoms. The Labute approximate surface area is 93.2 Å². The monoisotopic (exact) mass is 252 g/mol. The largest absolute Gasteiger partial charge is 0.506 e. The van der Waals surface area contributed by atoms with E-state index in [2.05, 4.69) is 37.1 Å². The predicted molar refractivity (Wildman–Crippen MR) is 55.4 cm³/mol. The Morgan fingerprint density at radius 1 is 1.15 bits per heavy atom. The molecule has 1 fully saturated rings. The maximum absolute atomic E-state index is 5.39. The first-order valence-electron chi connectivity index (χ1n) is 4.28. The molecule has 0 N–H and O–H groups in total. The molecule has 0 atom stereocenters. The third-order valence-electron chi connectivity index (χ3n) is 2.03. The van der Waals surface area contributed by atoms with Crippen molar-refractivity contribution < 1.29 is 9.47 Å². The highest BCUT2D eigenvalue weighted by Crippen LogP contribution is 2.21. The minimum absolute atomic E-state index is 0.133. The molecule has 1 heterocycles. The molecule has 0 saturated carbocycles. The molecular formula is C9H9BrMgO2. The van der Waals surface area contributed by atoms with E-state index in [0.29, 0.717) is 13.2 Å². The normalized spacial score (nSPS) is 17.3. The van der Waals surface area contributed by atoms with E-state index in [-0.39, 0.29) is 24.5 Å². The van der Waals surface area contributed by atoms with Crippen molar-refractivity contribution in [1.82, 2.24) is 0 Å². The number of halogens is 1. The van der Waals surface area contributed by atoms with Crippen molar-refractivity contribution >= 4 is 34.8 Å². The molecule has 2 rings (SSSR count). The predicted octanol–water partition coefficient (Wildman–Crippen LogP) is 1.37. The third kappa shape index (κ3) is 2.44. The number of hydrogen-bond acceptors (Lipinski definition) is 2. The first-order valence-corrected chi connectivity index (χ1v) is 8.89. The second-order valence-corrected chi connectivity index (χ2v) is 5.71. The van der Waals surface area contributed by atoms with Gasteiger partial charge in [-0.15, -0.1) is 0 Å². The van der Waals surface area contributed by atoms with Crippen molar-refractivity contribution in [3.8, 4) is 0 Å². The molecule has 0 aromatic heterocycles. The van der Waals surface area contributed by atoms with Gasteiger partial charge in [-0.05, 0) is 0 Å². The summed E-state index contributed by atoms with van der Waals surface area (Å²) in [4.78, 5) is 0. The van der Waals surface area contributed by atoms with E-state index < -0.39 is 0 Å². The molecule has 1 aliphatic rings. The first kappa shape index (κ1) is 9.92. The van der Waals surface area contributed by atoms with E-state index in [1.807, 2.05) is 0 Å². The highest BCUT2D eigenvalue weighted by molar-refractivity contribution is 9.23. The molecule has 13 heavy (non-hydrogen) atoms. The van der Waals surface area contributed by atoms with Crippen molar-refractivity contribution in [2.75, 3.05) is 13.2 Å². The average molecular weight is 253 g/mol. The number of hydrogen-bond donors (Lipinski definition) is 0. The van der Waals surface area contributed by atoms with Gasteiger partial charge in [-0.3, -0.25) is 12.9 Å². The van der Waals surface area contributed by atoms with Crippen LogP contribution in [0.15, 0.2) is 24.3 Å². The molecule has 2 nitrogen and oxygen atoms in total. The molecule has 0 spiro atoms. The van der Waals surface area contributed by atoms with E-state index in [1.165, 1.54) is 3.69 Å². The van der Waals surface area contributed by atoms with Crippen LogP contribution in [0.4, 0.5) is 0 Å². The van der Waals surface area contributed by atoms with Crippen LogP contribution in [-0.4, -0.2) is 31.4 Å². The minimum Gasteiger partial charge on any atom is -0.346 e. The summed E-state index contributed by atoms with van der Waals surface area (Å²) in [6.45, 7) is 1.42. The van der Waals surface area contributed by atoms with Gasteiger partial charge in [-0.1, -0.05) is 24.3 Å². The standard InChI is InChI=1S/C9H9O2.BrH.Mg/c1-2-4-8(5-3-1)9-10-6-7-11-9;;/h2-5,9H,6-7H2;1H;/q;;+1/p-1. The van der Waals surface area contributed by atoms with Gasteiger partial charge in [0.15, 0.2) is 6.29 Å². The molecule has 0 radical (unpaired) electrons. The molecule has 0 unspecified atom stereocenters. The lowest BCUT2D eigenvalue weighted by Gasteiger charge is -2.09. The number of benzene rings is 1. The van der Waals surface area contributed by atoms with Gasteiger partial charge in [0.2, 0.25) is 0 Å². The summed E-state index contributed by atoms with van der Waals surface area (Å²) in [5.41, 5.74) is 1.12. The van der Waals surface area contributed by atoms with Crippen molar-refractivity contribution in [3.63, 3.8) is 0 Å². The summed E-state index contributed by atoms with van der Waals surface area (Å²) in [7, 11) is 0. The lowest BCUT2D eigenvalue weighted by molar-refractivity contribution is -0.0440. The van der Waals surface area contributed by atoms with Crippen LogP contribution in [0.2, 0.25) is 0 Å². The van der Waals surface area contributed by atoms with Gasteiger partial charge in [-0.2, -0.15) is 3.69 Å². The number of rotatable bonds is 2. The van der Waals surface area contributed by atoms with Crippen LogP contribution in [0.25, 0.3) is 0 Å². The van der Waals surface area contributed by atoms with Crippen LogP contribution < -0.4 is 3.69 Å². The smallest absolute Gasteiger partial charge is 0.346 e. The summed E-state index contributed by atoms with van der Waals surface area (Å²) in [5.74, 6) is 0. The van der Waals surface area contributed by atoms with Gasteiger partial charge in [0, 0.05) is 5.56 Å². The Morgan fingerprint density at radius 3 is 2.31 bits per heavy atom. The van der Waals surface area contributed by atoms with Gasteiger partial charge in [0.25, 0.3) is 0 Å². The summed E-state index contributed by atoms with van der Waals surface area (Å²) >= 11 is 3.33. The Morgan fingerprint density at radius 2 is 1.77 bits per heavy atom. The minimum atomic E-state index is -0.215. The second kappa shape index (κ2) is 4.75. The van der Waals surface area contributed by atoms with Crippen LogP contribution in [0.5, 0.6) is 0 Å². The number of ether oxygens (including phenoxy) is 2. The Kier molecular flexibility index (Phi) is 3.63. The molecule has 66 valence electrons. The Bertz CT molecular complexity index is 269. The van der Waals surface area contributed by atoms with Gasteiger partial charge >= 0.3 is 18.2 Å². The summed E-state index contributed by atoms with van der Waals surface area (Å²) in [6.07, 6.45) is -0.133. The van der Waals surface area contributed by atoms with Crippen molar-refractivity contribution in [2.45, 2.75) is 6.29 Å². The summed E-state index contributed by atoms with van der Waals surface area (Å²) < 4.78 is 12.2. The van der Waals surface area contributed by atoms with E-state index >= 15 is 0 Å². The molecule has 1 aromatic carbocycles. The molecule has 1 saturated heterocycles. The van der Waals surface area contributed by atoms with Gasteiger partial charge in [-0.25, -0.2) is 0 Å². The Balaban J connectivity index is 2.12. The lowest BCUT2D eigenvalue weighted by Crippen LogP contribution is -2.08. The molecule has 0 bridgehead atoms. The maximum Gasteiger partial charge on any atom is 0.506 e. The third-order valence-corrected chi connectivity index (χ3v) is 4.75.